The average Bonchev–Trinajstić information content (AvgIpc) is 1.80. The summed E-state index contributed by atoms with van der Waals surface area (Å²) in [5.74, 6) is 0.512. The maximum Gasteiger partial charge on any atom is 0.232 e. The molecule has 0 fully saturated rings. The van der Waals surface area contributed by atoms with Crippen molar-refractivity contribution in [2.75, 3.05) is 0 Å². The predicted octanol–water partition coefficient (Wildman–Crippen LogP) is 1.66. The Balaban J connectivity index is 2.87. The van der Waals surface area contributed by atoms with Crippen LogP contribution >= 0.6 is 11.6 Å². The van der Waals surface area contributed by atoms with Crippen molar-refractivity contribution in [3.63, 3.8) is 0 Å². The van der Waals surface area contributed by atoms with E-state index in [1.165, 1.54) is 5.41 Å². The molecule has 1 aliphatic rings. The molecule has 1 atom stereocenters. The van der Waals surface area contributed by atoms with Crippen LogP contribution in [0.15, 0.2) is 22.3 Å². The fraction of sp³-hybridized carbons (Fsp3) is 0.200. The van der Waals surface area contributed by atoms with E-state index in [-0.39, 0.29) is 0 Å². The molecule has 1 aliphatic heterocycles. The molecular formula is C5H5ClO2S. The molecule has 1 rings (SSSR count). The van der Waals surface area contributed by atoms with Crippen LogP contribution < -0.4 is 0 Å². The van der Waals surface area contributed by atoms with E-state index in [4.69, 9.17) is 15.8 Å². The number of rotatable bonds is 0. The summed E-state index contributed by atoms with van der Waals surface area (Å²) < 4.78 is 15.3. The maximum atomic E-state index is 10.5. The molecule has 1 heterocycles. The van der Waals surface area contributed by atoms with Gasteiger partial charge < -0.3 is 4.18 Å². The Morgan fingerprint density at radius 1 is 1.78 bits per heavy atom. The van der Waals surface area contributed by atoms with Crippen molar-refractivity contribution >= 4 is 22.7 Å². The van der Waals surface area contributed by atoms with Crippen LogP contribution in [-0.4, -0.2) is 4.21 Å². The molecule has 0 N–H and O–H groups in total. The summed E-state index contributed by atoms with van der Waals surface area (Å²) in [5, 5.41) is 1.91. The first-order chi connectivity index (χ1) is 4.20. The molecule has 9 heavy (non-hydrogen) atoms. The zero-order valence-electron chi connectivity index (χ0n) is 4.76. The minimum absolute atomic E-state index is 0.509. The molecule has 0 bridgehead atoms. The molecule has 1 unspecified atom stereocenters. The van der Waals surface area contributed by atoms with Gasteiger partial charge in [-0.25, -0.2) is 4.21 Å². The Morgan fingerprint density at radius 2 is 2.44 bits per heavy atom. The first kappa shape index (κ1) is 6.83. The second kappa shape index (κ2) is 2.54. The average molecular weight is 165 g/mol. The third-order valence-corrected chi connectivity index (χ3v) is 2.03. The number of hydrogen-bond acceptors (Lipinski definition) is 2. The summed E-state index contributed by atoms with van der Waals surface area (Å²) in [7, 11) is 0. The highest BCUT2D eigenvalue weighted by Crippen LogP contribution is 2.18. The van der Waals surface area contributed by atoms with Crippen molar-refractivity contribution in [3.8, 4) is 0 Å². The second-order valence-electron chi connectivity index (χ2n) is 1.55. The SMILES string of the molecule is CC1=C(Cl)C=CS(=O)O1. The molecule has 0 radical (unpaired) electrons. The minimum Gasteiger partial charge on any atom is -0.401 e. The Labute approximate surface area is 60.8 Å². The third-order valence-electron chi connectivity index (χ3n) is 0.869. The fourth-order valence-electron chi connectivity index (χ4n) is 0.423. The van der Waals surface area contributed by atoms with Crippen LogP contribution in [0.3, 0.4) is 0 Å². The van der Waals surface area contributed by atoms with Crippen molar-refractivity contribution in [1.29, 1.82) is 0 Å². The standard InChI is InChI=1S/C5H5ClO2S/c1-4-5(6)2-3-9(7)8-4/h2-3H,1H3. The van der Waals surface area contributed by atoms with E-state index in [9.17, 15) is 4.21 Å². The summed E-state index contributed by atoms with van der Waals surface area (Å²) in [4.78, 5) is 0. The van der Waals surface area contributed by atoms with Crippen LogP contribution in [0.1, 0.15) is 6.92 Å². The molecule has 0 saturated carbocycles. The van der Waals surface area contributed by atoms with Crippen molar-refractivity contribution in [3.05, 3.63) is 22.3 Å². The van der Waals surface area contributed by atoms with E-state index in [1.807, 2.05) is 0 Å². The van der Waals surface area contributed by atoms with Gasteiger partial charge in [-0.15, -0.1) is 0 Å². The quantitative estimate of drug-likeness (QED) is 0.545. The summed E-state index contributed by atoms with van der Waals surface area (Å²) in [6.45, 7) is 1.67. The van der Waals surface area contributed by atoms with Crippen LogP contribution in [0, 0.1) is 0 Å². The van der Waals surface area contributed by atoms with Crippen LogP contribution in [0.5, 0.6) is 0 Å². The predicted molar refractivity (Wildman–Crippen MR) is 36.9 cm³/mol. The van der Waals surface area contributed by atoms with E-state index in [1.54, 1.807) is 13.0 Å². The van der Waals surface area contributed by atoms with Gasteiger partial charge in [-0.3, -0.25) is 0 Å². The van der Waals surface area contributed by atoms with Gasteiger partial charge in [0.1, 0.15) is 5.76 Å². The van der Waals surface area contributed by atoms with Crippen molar-refractivity contribution in [2.45, 2.75) is 6.92 Å². The van der Waals surface area contributed by atoms with Crippen LogP contribution in [0.4, 0.5) is 0 Å². The van der Waals surface area contributed by atoms with Gasteiger partial charge in [0.2, 0.25) is 11.1 Å². The van der Waals surface area contributed by atoms with Gasteiger partial charge >= 0.3 is 0 Å². The molecule has 0 saturated heterocycles. The molecule has 4 heteroatoms. The Bertz CT molecular complexity index is 207. The van der Waals surface area contributed by atoms with E-state index in [2.05, 4.69) is 0 Å². The van der Waals surface area contributed by atoms with E-state index < -0.39 is 11.1 Å². The Kier molecular flexibility index (Phi) is 1.93. The highest BCUT2D eigenvalue weighted by Gasteiger charge is 2.06. The molecule has 0 aromatic heterocycles. The lowest BCUT2D eigenvalue weighted by molar-refractivity contribution is 0.459. The topological polar surface area (TPSA) is 26.3 Å². The highest BCUT2D eigenvalue weighted by molar-refractivity contribution is 7.83. The lowest BCUT2D eigenvalue weighted by Crippen LogP contribution is -1.96. The normalized spacial score (nSPS) is 26.2. The van der Waals surface area contributed by atoms with E-state index in [0.717, 1.165) is 0 Å². The largest absolute Gasteiger partial charge is 0.401 e. The lowest BCUT2D eigenvalue weighted by atomic mass is 10.5. The minimum atomic E-state index is -1.31. The molecule has 0 amide bonds. The molecule has 0 aliphatic carbocycles. The van der Waals surface area contributed by atoms with Gasteiger partial charge in [-0.05, 0) is 13.0 Å². The summed E-state index contributed by atoms with van der Waals surface area (Å²) >= 11 is 4.25. The van der Waals surface area contributed by atoms with Crippen molar-refractivity contribution < 1.29 is 8.39 Å². The van der Waals surface area contributed by atoms with Crippen LogP contribution in [0.25, 0.3) is 0 Å². The van der Waals surface area contributed by atoms with Crippen molar-refractivity contribution in [2.24, 2.45) is 0 Å². The zero-order valence-corrected chi connectivity index (χ0v) is 6.33. The van der Waals surface area contributed by atoms with Gasteiger partial charge in [0.05, 0.1) is 5.03 Å². The first-order valence-electron chi connectivity index (χ1n) is 2.33. The van der Waals surface area contributed by atoms with Gasteiger partial charge in [0.25, 0.3) is 0 Å². The van der Waals surface area contributed by atoms with Gasteiger partial charge in [0.15, 0.2) is 0 Å². The third kappa shape index (κ3) is 1.56. The molecule has 0 aromatic rings. The smallest absolute Gasteiger partial charge is 0.232 e. The molecule has 0 aromatic carbocycles. The van der Waals surface area contributed by atoms with Gasteiger partial charge in [0, 0.05) is 5.41 Å². The molecular weight excluding hydrogens is 160 g/mol. The van der Waals surface area contributed by atoms with Crippen LogP contribution in [0.2, 0.25) is 0 Å². The summed E-state index contributed by atoms with van der Waals surface area (Å²) in [6.07, 6.45) is 1.57. The van der Waals surface area contributed by atoms with Crippen molar-refractivity contribution in [1.82, 2.24) is 0 Å². The monoisotopic (exact) mass is 164 g/mol. The Morgan fingerprint density at radius 3 is 2.89 bits per heavy atom. The number of hydrogen-bond donors (Lipinski definition) is 0. The first-order valence-corrected chi connectivity index (χ1v) is 3.85. The zero-order chi connectivity index (χ0) is 6.85. The summed E-state index contributed by atoms with van der Waals surface area (Å²) in [6, 6.07) is 0. The second-order valence-corrected chi connectivity index (χ2v) is 2.92. The van der Waals surface area contributed by atoms with E-state index in [0.29, 0.717) is 10.8 Å². The van der Waals surface area contributed by atoms with E-state index >= 15 is 0 Å². The molecule has 0 spiro atoms. The summed E-state index contributed by atoms with van der Waals surface area (Å²) in [5.41, 5.74) is 0. The molecule has 2 nitrogen and oxygen atoms in total. The Hall–Kier alpha value is -0.280. The number of allylic oxidation sites excluding steroid dienone is 3. The van der Waals surface area contributed by atoms with Crippen LogP contribution in [-0.2, 0) is 15.3 Å². The fourth-order valence-corrected chi connectivity index (χ4v) is 1.28. The molecule has 50 valence electrons. The highest BCUT2D eigenvalue weighted by atomic mass is 35.5. The maximum absolute atomic E-state index is 10.5. The lowest BCUT2D eigenvalue weighted by Gasteiger charge is -2.05. The van der Waals surface area contributed by atoms with Gasteiger partial charge in [-0.2, -0.15) is 0 Å². The number of halogens is 1. The van der Waals surface area contributed by atoms with Gasteiger partial charge in [-0.1, -0.05) is 11.6 Å².